The quantitative estimate of drug-likeness (QED) is 0.826. The molecular weight excluding hydrogens is 224 g/mol. The second-order valence-electron chi connectivity index (χ2n) is 6.07. The summed E-state index contributed by atoms with van der Waals surface area (Å²) in [6.45, 7) is 6.79. The fourth-order valence-corrected chi connectivity index (χ4v) is 2.30. The van der Waals surface area contributed by atoms with E-state index in [1.807, 2.05) is 43.9 Å². The van der Waals surface area contributed by atoms with Gasteiger partial charge in [-0.25, -0.2) is 0 Å². The highest BCUT2D eigenvalue weighted by Gasteiger charge is 2.33. The molecule has 0 fully saturated rings. The average molecular weight is 246 g/mol. The van der Waals surface area contributed by atoms with Crippen molar-refractivity contribution in [3.63, 3.8) is 0 Å². The monoisotopic (exact) mass is 246 g/mol. The van der Waals surface area contributed by atoms with Crippen molar-refractivity contribution in [1.29, 1.82) is 0 Å². The van der Waals surface area contributed by atoms with Gasteiger partial charge in [0.25, 0.3) is 0 Å². The molecule has 3 heteroatoms. The predicted molar refractivity (Wildman–Crippen MR) is 74.5 cm³/mol. The molecule has 1 aromatic rings. The summed E-state index contributed by atoms with van der Waals surface area (Å²) in [4.78, 5) is 14.4. The second kappa shape index (κ2) is 4.73. The van der Waals surface area contributed by atoms with Crippen LogP contribution in [0.2, 0.25) is 0 Å². The number of nitrogens with two attached hydrogens (primary N) is 1. The standard InChI is InChI=1S/C15H22N2O/c1-15(2,3)13(16)14(18)17-10-6-8-11-7-4-5-9-12(11)17/h4-5,7,9,13H,6,8,10,16H2,1-3H3. The lowest BCUT2D eigenvalue weighted by Crippen LogP contribution is -2.51. The first-order valence-electron chi connectivity index (χ1n) is 6.56. The lowest BCUT2D eigenvalue weighted by atomic mass is 9.86. The van der Waals surface area contributed by atoms with Crippen LogP contribution in [0, 0.1) is 5.41 Å². The molecule has 18 heavy (non-hydrogen) atoms. The third-order valence-corrected chi connectivity index (χ3v) is 3.58. The van der Waals surface area contributed by atoms with Crippen LogP contribution in [0.3, 0.4) is 0 Å². The van der Waals surface area contributed by atoms with Crippen LogP contribution in [0.15, 0.2) is 24.3 Å². The van der Waals surface area contributed by atoms with E-state index in [9.17, 15) is 4.79 Å². The first-order chi connectivity index (χ1) is 8.41. The smallest absolute Gasteiger partial charge is 0.244 e. The Bertz CT molecular complexity index is 448. The Kier molecular flexibility index (Phi) is 3.44. The fraction of sp³-hybridized carbons (Fsp3) is 0.533. The van der Waals surface area contributed by atoms with Crippen LogP contribution in [0.25, 0.3) is 0 Å². The Labute approximate surface area is 109 Å². The number of carbonyl (C=O) groups excluding carboxylic acids is 1. The van der Waals surface area contributed by atoms with Crippen molar-refractivity contribution in [3.8, 4) is 0 Å². The van der Waals surface area contributed by atoms with Crippen molar-refractivity contribution < 1.29 is 4.79 Å². The van der Waals surface area contributed by atoms with Crippen LogP contribution in [0.1, 0.15) is 32.8 Å². The van der Waals surface area contributed by atoms with Crippen LogP contribution < -0.4 is 10.6 Å². The first kappa shape index (κ1) is 13.1. The van der Waals surface area contributed by atoms with E-state index >= 15 is 0 Å². The Morgan fingerprint density at radius 3 is 2.67 bits per heavy atom. The maximum absolute atomic E-state index is 12.5. The summed E-state index contributed by atoms with van der Waals surface area (Å²) >= 11 is 0. The zero-order valence-electron chi connectivity index (χ0n) is 11.4. The van der Waals surface area contributed by atoms with E-state index in [0.29, 0.717) is 0 Å². The van der Waals surface area contributed by atoms with Gasteiger partial charge in [-0.1, -0.05) is 39.0 Å². The summed E-state index contributed by atoms with van der Waals surface area (Å²) in [7, 11) is 0. The largest absolute Gasteiger partial charge is 0.319 e. The highest BCUT2D eigenvalue weighted by molar-refractivity contribution is 5.98. The number of nitrogens with zero attached hydrogens (tertiary/aromatic N) is 1. The van der Waals surface area contributed by atoms with Crippen molar-refractivity contribution in [3.05, 3.63) is 29.8 Å². The molecule has 0 aliphatic carbocycles. The van der Waals surface area contributed by atoms with Gasteiger partial charge in [-0.15, -0.1) is 0 Å². The van der Waals surface area contributed by atoms with Crippen molar-refractivity contribution in [2.24, 2.45) is 11.1 Å². The lowest BCUT2D eigenvalue weighted by molar-refractivity contribution is -0.122. The molecule has 2 N–H and O–H groups in total. The molecule has 1 amide bonds. The minimum absolute atomic E-state index is 0.0367. The van der Waals surface area contributed by atoms with Crippen LogP contribution in [0.4, 0.5) is 5.69 Å². The zero-order valence-corrected chi connectivity index (χ0v) is 11.4. The van der Waals surface area contributed by atoms with Gasteiger partial charge in [-0.05, 0) is 29.9 Å². The van der Waals surface area contributed by atoms with Gasteiger partial charge in [0, 0.05) is 12.2 Å². The van der Waals surface area contributed by atoms with Gasteiger partial charge >= 0.3 is 0 Å². The van der Waals surface area contributed by atoms with Gasteiger partial charge in [0.05, 0.1) is 6.04 Å². The molecule has 0 saturated carbocycles. The number of hydrogen-bond donors (Lipinski definition) is 1. The number of fused-ring (bicyclic) bond motifs is 1. The van der Waals surface area contributed by atoms with Gasteiger partial charge in [0.15, 0.2) is 0 Å². The molecule has 1 aliphatic rings. The van der Waals surface area contributed by atoms with E-state index in [4.69, 9.17) is 5.73 Å². The van der Waals surface area contributed by atoms with Crippen molar-refractivity contribution in [2.45, 2.75) is 39.7 Å². The van der Waals surface area contributed by atoms with E-state index in [-0.39, 0.29) is 11.3 Å². The number of hydrogen-bond acceptors (Lipinski definition) is 2. The van der Waals surface area contributed by atoms with Crippen molar-refractivity contribution in [1.82, 2.24) is 0 Å². The summed E-state index contributed by atoms with van der Waals surface area (Å²) in [5, 5.41) is 0. The molecular formula is C15H22N2O. The van der Waals surface area contributed by atoms with E-state index in [1.165, 1.54) is 5.56 Å². The average Bonchev–Trinajstić information content (AvgIpc) is 2.35. The summed E-state index contributed by atoms with van der Waals surface area (Å²) in [5.74, 6) is 0.0367. The molecule has 0 aromatic heterocycles. The molecule has 1 atom stereocenters. The maximum atomic E-state index is 12.5. The van der Waals surface area contributed by atoms with Crippen LogP contribution >= 0.6 is 0 Å². The van der Waals surface area contributed by atoms with Gasteiger partial charge in [-0.3, -0.25) is 4.79 Å². The molecule has 0 bridgehead atoms. The summed E-state index contributed by atoms with van der Waals surface area (Å²) in [5.41, 5.74) is 8.17. The maximum Gasteiger partial charge on any atom is 0.244 e. The Balaban J connectivity index is 2.28. The molecule has 1 aromatic carbocycles. The third-order valence-electron chi connectivity index (χ3n) is 3.58. The normalized spacial score (nSPS) is 17.2. The SMILES string of the molecule is CC(C)(C)C(N)C(=O)N1CCCc2ccccc21. The Morgan fingerprint density at radius 1 is 1.33 bits per heavy atom. The highest BCUT2D eigenvalue weighted by Crippen LogP contribution is 2.29. The number of amides is 1. The number of rotatable bonds is 1. The fourth-order valence-electron chi connectivity index (χ4n) is 2.30. The number of aryl methyl sites for hydroxylation is 1. The van der Waals surface area contributed by atoms with E-state index < -0.39 is 6.04 Å². The molecule has 0 radical (unpaired) electrons. The minimum atomic E-state index is -0.455. The molecule has 1 aliphatic heterocycles. The molecule has 1 heterocycles. The number of para-hydroxylation sites is 1. The Hall–Kier alpha value is -1.35. The van der Waals surface area contributed by atoms with E-state index in [1.54, 1.807) is 0 Å². The minimum Gasteiger partial charge on any atom is -0.319 e. The third kappa shape index (κ3) is 2.41. The summed E-state index contributed by atoms with van der Waals surface area (Å²) in [6, 6.07) is 7.66. The number of carbonyl (C=O) groups is 1. The van der Waals surface area contributed by atoms with Crippen LogP contribution in [0.5, 0.6) is 0 Å². The van der Waals surface area contributed by atoms with Gasteiger partial charge in [0.1, 0.15) is 0 Å². The topological polar surface area (TPSA) is 46.3 Å². The highest BCUT2D eigenvalue weighted by atomic mass is 16.2. The van der Waals surface area contributed by atoms with E-state index in [0.717, 1.165) is 25.1 Å². The molecule has 98 valence electrons. The number of anilines is 1. The molecule has 2 rings (SSSR count). The van der Waals surface area contributed by atoms with Crippen molar-refractivity contribution in [2.75, 3.05) is 11.4 Å². The van der Waals surface area contributed by atoms with Gasteiger partial charge in [0.2, 0.25) is 5.91 Å². The summed E-state index contributed by atoms with van der Waals surface area (Å²) in [6.07, 6.45) is 2.06. The van der Waals surface area contributed by atoms with Gasteiger partial charge < -0.3 is 10.6 Å². The Morgan fingerprint density at radius 2 is 2.00 bits per heavy atom. The van der Waals surface area contributed by atoms with E-state index in [2.05, 4.69) is 6.07 Å². The molecule has 0 spiro atoms. The second-order valence-corrected chi connectivity index (χ2v) is 6.07. The predicted octanol–water partition coefficient (Wildman–Crippen LogP) is 2.34. The van der Waals surface area contributed by atoms with Crippen LogP contribution in [-0.4, -0.2) is 18.5 Å². The molecule has 1 unspecified atom stereocenters. The molecule has 3 nitrogen and oxygen atoms in total. The summed E-state index contributed by atoms with van der Waals surface area (Å²) < 4.78 is 0. The lowest BCUT2D eigenvalue weighted by Gasteiger charge is -2.35. The molecule has 0 saturated heterocycles. The van der Waals surface area contributed by atoms with Gasteiger partial charge in [-0.2, -0.15) is 0 Å². The van der Waals surface area contributed by atoms with Crippen molar-refractivity contribution >= 4 is 11.6 Å². The zero-order chi connectivity index (χ0) is 13.3. The number of benzene rings is 1. The van der Waals surface area contributed by atoms with Crippen LogP contribution in [-0.2, 0) is 11.2 Å². The first-order valence-corrected chi connectivity index (χ1v) is 6.56.